The number of hydrogen-bond donors (Lipinski definition) is 2. The van der Waals surface area contributed by atoms with Crippen LogP contribution in [-0.2, 0) is 0 Å². The lowest BCUT2D eigenvalue weighted by Gasteiger charge is -2.05. The van der Waals surface area contributed by atoms with Crippen LogP contribution >= 0.6 is 31.9 Å². The monoisotopic (exact) mass is 371 g/mol. The van der Waals surface area contributed by atoms with Gasteiger partial charge in [0, 0.05) is 0 Å². The zero-order valence-corrected chi connectivity index (χ0v) is 12.1. The van der Waals surface area contributed by atoms with Crippen molar-refractivity contribution in [1.29, 1.82) is 0 Å². The van der Waals surface area contributed by atoms with Crippen LogP contribution in [0.5, 0.6) is 0 Å². The number of nitrogens with two attached hydrogens (primary N) is 1. The van der Waals surface area contributed by atoms with E-state index in [1.54, 1.807) is 6.07 Å². The number of amides is 1. The molecule has 0 aliphatic carbocycles. The minimum atomic E-state index is -0.382. The molecule has 0 fully saturated rings. The first kappa shape index (κ1) is 12.9. The summed E-state index contributed by atoms with van der Waals surface area (Å²) < 4.78 is 0.999. The van der Waals surface area contributed by atoms with E-state index in [1.165, 1.54) is 18.5 Å². The van der Waals surface area contributed by atoms with E-state index in [4.69, 9.17) is 5.73 Å². The predicted molar refractivity (Wildman–Crippen MR) is 74.0 cm³/mol. The molecule has 8 heteroatoms. The SMILES string of the molecule is Nc1ccc(C(=O)Nc2ncc(Br)nc2Br)nc1. The van der Waals surface area contributed by atoms with E-state index < -0.39 is 0 Å². The Morgan fingerprint density at radius 2 is 2.00 bits per heavy atom. The number of nitrogens with one attached hydrogen (secondary N) is 1. The summed E-state index contributed by atoms with van der Waals surface area (Å²) >= 11 is 6.37. The third-order valence-electron chi connectivity index (χ3n) is 1.95. The first-order valence-corrected chi connectivity index (χ1v) is 6.36. The lowest BCUT2D eigenvalue weighted by atomic mass is 10.3. The van der Waals surface area contributed by atoms with Crippen LogP contribution in [0.25, 0.3) is 0 Å². The molecule has 0 bridgehead atoms. The van der Waals surface area contributed by atoms with Gasteiger partial charge in [-0.15, -0.1) is 0 Å². The number of carbonyl (C=O) groups excluding carboxylic acids is 1. The van der Waals surface area contributed by atoms with Crippen molar-refractivity contribution in [3.8, 4) is 0 Å². The second-order valence-electron chi connectivity index (χ2n) is 3.26. The normalized spacial score (nSPS) is 10.1. The molecule has 2 rings (SSSR count). The van der Waals surface area contributed by atoms with Crippen molar-refractivity contribution < 1.29 is 4.79 Å². The Kier molecular flexibility index (Phi) is 3.87. The van der Waals surface area contributed by atoms with Gasteiger partial charge in [-0.25, -0.2) is 15.0 Å². The molecule has 2 heterocycles. The average molecular weight is 373 g/mol. The molecule has 0 saturated heterocycles. The van der Waals surface area contributed by atoms with Gasteiger partial charge in [0.25, 0.3) is 5.91 Å². The standard InChI is InChI=1S/C10H7Br2N5O/c11-7-4-15-9(8(12)16-7)17-10(18)6-2-1-5(13)3-14-6/h1-4H,13H2,(H,15,17,18). The highest BCUT2D eigenvalue weighted by atomic mass is 79.9. The van der Waals surface area contributed by atoms with Crippen LogP contribution < -0.4 is 11.1 Å². The first-order valence-electron chi connectivity index (χ1n) is 4.77. The minimum absolute atomic E-state index is 0.251. The molecule has 18 heavy (non-hydrogen) atoms. The Balaban J connectivity index is 2.18. The number of pyridine rings is 1. The lowest BCUT2D eigenvalue weighted by Crippen LogP contribution is -2.15. The zero-order chi connectivity index (χ0) is 13.1. The van der Waals surface area contributed by atoms with Crippen molar-refractivity contribution in [2.45, 2.75) is 0 Å². The van der Waals surface area contributed by atoms with Gasteiger partial charge in [0.05, 0.1) is 18.1 Å². The Hall–Kier alpha value is -1.54. The maximum atomic E-state index is 11.8. The topological polar surface area (TPSA) is 93.8 Å². The third-order valence-corrected chi connectivity index (χ3v) is 2.89. The maximum Gasteiger partial charge on any atom is 0.275 e. The van der Waals surface area contributed by atoms with Gasteiger partial charge in [0.1, 0.15) is 14.9 Å². The van der Waals surface area contributed by atoms with Crippen molar-refractivity contribution in [3.63, 3.8) is 0 Å². The predicted octanol–water partition coefficient (Wildman–Crippen LogP) is 2.23. The summed E-state index contributed by atoms with van der Waals surface area (Å²) in [7, 11) is 0. The summed E-state index contributed by atoms with van der Waals surface area (Å²) in [6.07, 6.45) is 2.90. The highest BCUT2D eigenvalue weighted by Crippen LogP contribution is 2.19. The van der Waals surface area contributed by atoms with Gasteiger partial charge in [-0.1, -0.05) is 0 Å². The fourth-order valence-electron chi connectivity index (χ4n) is 1.14. The summed E-state index contributed by atoms with van der Waals surface area (Å²) in [6.45, 7) is 0. The smallest absolute Gasteiger partial charge is 0.275 e. The molecule has 92 valence electrons. The molecule has 6 nitrogen and oxygen atoms in total. The van der Waals surface area contributed by atoms with Crippen LogP contribution in [0.4, 0.5) is 11.5 Å². The van der Waals surface area contributed by atoms with Gasteiger partial charge in [-0.2, -0.15) is 0 Å². The Labute approximate surface area is 119 Å². The van der Waals surface area contributed by atoms with Gasteiger partial charge in [0.2, 0.25) is 0 Å². The Morgan fingerprint density at radius 3 is 2.61 bits per heavy atom. The number of anilines is 2. The Bertz CT molecular complexity index is 587. The van der Waals surface area contributed by atoms with E-state index >= 15 is 0 Å². The van der Waals surface area contributed by atoms with Crippen LogP contribution in [0.2, 0.25) is 0 Å². The summed E-state index contributed by atoms with van der Waals surface area (Å²) in [5.74, 6) is -0.0610. The van der Waals surface area contributed by atoms with Gasteiger partial charge < -0.3 is 11.1 Å². The lowest BCUT2D eigenvalue weighted by molar-refractivity contribution is 0.102. The van der Waals surface area contributed by atoms with Crippen LogP contribution in [0.3, 0.4) is 0 Å². The number of hydrogen-bond acceptors (Lipinski definition) is 5. The van der Waals surface area contributed by atoms with E-state index in [0.29, 0.717) is 20.7 Å². The van der Waals surface area contributed by atoms with Crippen LogP contribution in [-0.4, -0.2) is 20.9 Å². The van der Waals surface area contributed by atoms with Crippen LogP contribution in [0.15, 0.2) is 33.7 Å². The molecule has 0 unspecified atom stereocenters. The minimum Gasteiger partial charge on any atom is -0.397 e. The van der Waals surface area contributed by atoms with Crippen LogP contribution in [0, 0.1) is 0 Å². The van der Waals surface area contributed by atoms with Crippen molar-refractivity contribution in [1.82, 2.24) is 15.0 Å². The quantitative estimate of drug-likeness (QED) is 0.842. The third kappa shape index (κ3) is 3.02. The number of halogens is 2. The highest BCUT2D eigenvalue weighted by molar-refractivity contribution is 9.11. The van der Waals surface area contributed by atoms with Gasteiger partial charge in [-0.3, -0.25) is 4.79 Å². The summed E-state index contributed by atoms with van der Waals surface area (Å²) in [5.41, 5.74) is 6.24. The molecule has 2 aromatic rings. The van der Waals surface area contributed by atoms with Crippen molar-refractivity contribution >= 4 is 49.3 Å². The molecule has 0 aliphatic heterocycles. The number of rotatable bonds is 2. The van der Waals surface area contributed by atoms with Crippen LogP contribution in [0.1, 0.15) is 10.5 Å². The van der Waals surface area contributed by atoms with E-state index in [1.807, 2.05) is 0 Å². The average Bonchev–Trinajstić information content (AvgIpc) is 2.33. The highest BCUT2D eigenvalue weighted by Gasteiger charge is 2.11. The van der Waals surface area contributed by atoms with Crippen molar-refractivity contribution in [3.05, 3.63) is 39.4 Å². The molecule has 0 radical (unpaired) electrons. The van der Waals surface area contributed by atoms with E-state index in [0.717, 1.165) is 0 Å². The van der Waals surface area contributed by atoms with Crippen molar-refractivity contribution in [2.75, 3.05) is 11.1 Å². The molecule has 0 saturated carbocycles. The van der Waals surface area contributed by atoms with E-state index in [2.05, 4.69) is 52.1 Å². The molecular weight excluding hydrogens is 366 g/mol. The molecule has 0 aliphatic rings. The largest absolute Gasteiger partial charge is 0.397 e. The molecule has 0 aromatic carbocycles. The summed E-state index contributed by atoms with van der Waals surface area (Å²) in [6, 6.07) is 3.13. The Morgan fingerprint density at radius 1 is 1.22 bits per heavy atom. The molecule has 1 amide bonds. The fourth-order valence-corrected chi connectivity index (χ4v) is 2.05. The number of nitrogen functional groups attached to an aromatic ring is 1. The van der Waals surface area contributed by atoms with Gasteiger partial charge in [0.15, 0.2) is 5.82 Å². The second-order valence-corrected chi connectivity index (χ2v) is 4.83. The van der Waals surface area contributed by atoms with E-state index in [-0.39, 0.29) is 11.6 Å². The van der Waals surface area contributed by atoms with Crippen molar-refractivity contribution in [2.24, 2.45) is 0 Å². The fraction of sp³-hybridized carbons (Fsp3) is 0. The molecular formula is C10H7Br2N5O. The number of nitrogens with zero attached hydrogens (tertiary/aromatic N) is 3. The molecule has 3 N–H and O–H groups in total. The maximum absolute atomic E-state index is 11.8. The summed E-state index contributed by atoms with van der Waals surface area (Å²) in [4.78, 5) is 23.8. The molecule has 2 aromatic heterocycles. The first-order chi connectivity index (χ1) is 8.56. The van der Waals surface area contributed by atoms with Gasteiger partial charge in [-0.05, 0) is 44.0 Å². The zero-order valence-electron chi connectivity index (χ0n) is 8.89. The number of aromatic nitrogens is 3. The summed E-state index contributed by atoms with van der Waals surface area (Å²) in [5, 5.41) is 2.59. The second kappa shape index (κ2) is 5.40. The van der Waals surface area contributed by atoms with E-state index in [9.17, 15) is 4.79 Å². The molecule has 0 atom stereocenters. The van der Waals surface area contributed by atoms with Gasteiger partial charge >= 0.3 is 0 Å². The molecule has 0 spiro atoms. The number of carbonyl (C=O) groups is 1.